The van der Waals surface area contributed by atoms with E-state index < -0.39 is 0 Å². The van der Waals surface area contributed by atoms with Crippen LogP contribution >= 0.6 is 0 Å². The summed E-state index contributed by atoms with van der Waals surface area (Å²) in [6, 6.07) is 2.70. The van der Waals surface area contributed by atoms with E-state index in [0.29, 0.717) is 25.7 Å². The van der Waals surface area contributed by atoms with Gasteiger partial charge in [-0.25, -0.2) is 4.79 Å². The Labute approximate surface area is 143 Å². The highest BCUT2D eigenvalue weighted by molar-refractivity contribution is 5.96. The molecule has 1 saturated carbocycles. The Kier molecular flexibility index (Phi) is 4.83. The van der Waals surface area contributed by atoms with Gasteiger partial charge in [0.05, 0.1) is 12.2 Å². The fourth-order valence-corrected chi connectivity index (χ4v) is 3.59. The van der Waals surface area contributed by atoms with Gasteiger partial charge in [-0.05, 0) is 52.5 Å². The van der Waals surface area contributed by atoms with Crippen LogP contribution in [-0.4, -0.2) is 47.2 Å². The van der Waals surface area contributed by atoms with Crippen molar-refractivity contribution in [3.63, 3.8) is 0 Å². The quantitative estimate of drug-likeness (QED) is 0.921. The highest BCUT2D eigenvalue weighted by atomic mass is 16.6. The minimum absolute atomic E-state index is 0.00425. The summed E-state index contributed by atoms with van der Waals surface area (Å²) in [5.74, 6) is 0.00425. The van der Waals surface area contributed by atoms with E-state index in [9.17, 15) is 9.59 Å². The van der Waals surface area contributed by atoms with Crippen LogP contribution in [0.1, 0.15) is 60.4 Å². The van der Waals surface area contributed by atoms with Gasteiger partial charge in [0, 0.05) is 36.6 Å². The van der Waals surface area contributed by atoms with Gasteiger partial charge in [-0.3, -0.25) is 4.79 Å². The fourth-order valence-electron chi connectivity index (χ4n) is 3.59. The van der Waals surface area contributed by atoms with E-state index in [1.165, 1.54) is 12.8 Å². The highest BCUT2D eigenvalue weighted by Gasteiger charge is 2.29. The lowest BCUT2D eigenvalue weighted by Crippen LogP contribution is -2.46. The molecule has 2 fully saturated rings. The van der Waals surface area contributed by atoms with E-state index in [4.69, 9.17) is 4.74 Å². The first-order valence-electron chi connectivity index (χ1n) is 8.92. The molecule has 0 unspecified atom stereocenters. The molecule has 0 bridgehead atoms. The molecular weight excluding hydrogens is 306 g/mol. The molecule has 1 aromatic heterocycles. The van der Waals surface area contributed by atoms with Crippen molar-refractivity contribution in [1.29, 1.82) is 0 Å². The van der Waals surface area contributed by atoms with Gasteiger partial charge in [0.1, 0.15) is 0 Å². The second kappa shape index (κ2) is 6.87. The Morgan fingerprint density at radius 2 is 1.88 bits per heavy atom. The van der Waals surface area contributed by atoms with E-state index in [2.05, 4.69) is 16.8 Å². The van der Waals surface area contributed by atoms with Crippen molar-refractivity contribution in [2.24, 2.45) is 0 Å². The molecule has 2 heterocycles. The average molecular weight is 333 g/mol. The van der Waals surface area contributed by atoms with Crippen LogP contribution in [-0.2, 0) is 4.74 Å². The number of likely N-dealkylation sites (tertiary alicyclic amines) is 1. The topological polar surface area (TPSA) is 63.6 Å². The summed E-state index contributed by atoms with van der Waals surface area (Å²) in [6.45, 7) is 7.56. The van der Waals surface area contributed by atoms with Crippen molar-refractivity contribution >= 4 is 12.0 Å². The Morgan fingerprint density at radius 3 is 2.46 bits per heavy atom. The molecule has 1 saturated heterocycles. The number of aromatic nitrogens is 1. The van der Waals surface area contributed by atoms with E-state index in [-0.39, 0.29) is 18.0 Å². The summed E-state index contributed by atoms with van der Waals surface area (Å²) in [4.78, 5) is 26.1. The van der Waals surface area contributed by atoms with Crippen LogP contribution in [0.25, 0.3) is 0 Å². The Balaban J connectivity index is 1.57. The maximum atomic E-state index is 12.6. The first-order chi connectivity index (χ1) is 11.5. The second-order valence-electron chi connectivity index (χ2n) is 6.82. The number of hydrogen-bond donors (Lipinski definition) is 1. The van der Waals surface area contributed by atoms with Crippen LogP contribution in [0.5, 0.6) is 0 Å². The first kappa shape index (κ1) is 16.9. The standard InChI is InChI=1S/C18H27N3O3/c1-4-24-18(23)20-9-7-14(8-10-20)19-17(22)16-11-12(2)21(13(16)3)15-5-6-15/h11,14-15H,4-10H2,1-3H3,(H,19,22). The fraction of sp³-hybridized carbons (Fsp3) is 0.667. The van der Waals surface area contributed by atoms with E-state index in [1.54, 1.807) is 4.90 Å². The van der Waals surface area contributed by atoms with Gasteiger partial charge in [-0.15, -0.1) is 0 Å². The number of carbonyl (C=O) groups is 2. The first-order valence-corrected chi connectivity index (χ1v) is 8.92. The number of carbonyl (C=O) groups excluding carboxylic acids is 2. The lowest BCUT2D eigenvalue weighted by atomic mass is 10.0. The summed E-state index contributed by atoms with van der Waals surface area (Å²) in [7, 11) is 0. The zero-order chi connectivity index (χ0) is 17.3. The molecule has 6 heteroatoms. The van der Waals surface area contributed by atoms with Crippen LogP contribution < -0.4 is 5.32 Å². The van der Waals surface area contributed by atoms with Crippen LogP contribution in [0, 0.1) is 13.8 Å². The van der Waals surface area contributed by atoms with Crippen molar-refractivity contribution in [2.45, 2.75) is 58.5 Å². The Morgan fingerprint density at radius 1 is 1.21 bits per heavy atom. The second-order valence-corrected chi connectivity index (χ2v) is 6.82. The zero-order valence-electron chi connectivity index (χ0n) is 14.8. The Bertz CT molecular complexity index is 626. The van der Waals surface area contributed by atoms with Gasteiger partial charge < -0.3 is 19.5 Å². The molecule has 0 radical (unpaired) electrons. The molecule has 0 aromatic carbocycles. The number of amides is 2. The van der Waals surface area contributed by atoms with Crippen LogP contribution in [0.15, 0.2) is 6.07 Å². The molecule has 0 spiro atoms. The molecule has 132 valence electrons. The van der Waals surface area contributed by atoms with Gasteiger partial charge in [-0.2, -0.15) is 0 Å². The number of ether oxygens (including phenoxy) is 1. The van der Waals surface area contributed by atoms with Crippen molar-refractivity contribution in [1.82, 2.24) is 14.8 Å². The number of rotatable bonds is 4. The van der Waals surface area contributed by atoms with Crippen molar-refractivity contribution in [3.8, 4) is 0 Å². The number of hydrogen-bond acceptors (Lipinski definition) is 3. The molecule has 24 heavy (non-hydrogen) atoms. The smallest absolute Gasteiger partial charge is 0.409 e. The summed E-state index contributed by atoms with van der Waals surface area (Å²) < 4.78 is 7.31. The van der Waals surface area contributed by atoms with Crippen LogP contribution in [0.2, 0.25) is 0 Å². The number of nitrogens with one attached hydrogen (secondary N) is 1. The van der Waals surface area contributed by atoms with Gasteiger partial charge >= 0.3 is 6.09 Å². The summed E-state index contributed by atoms with van der Waals surface area (Å²) in [5, 5.41) is 3.14. The lowest BCUT2D eigenvalue weighted by molar-refractivity contribution is 0.0859. The molecule has 2 aliphatic rings. The van der Waals surface area contributed by atoms with Crippen molar-refractivity contribution in [2.75, 3.05) is 19.7 Å². The third-order valence-corrected chi connectivity index (χ3v) is 5.00. The minimum Gasteiger partial charge on any atom is -0.450 e. The summed E-state index contributed by atoms with van der Waals surface area (Å²) in [6.07, 6.45) is 3.71. The van der Waals surface area contributed by atoms with E-state index in [0.717, 1.165) is 29.8 Å². The van der Waals surface area contributed by atoms with Crippen molar-refractivity contribution < 1.29 is 14.3 Å². The van der Waals surface area contributed by atoms with Gasteiger partial charge in [0.15, 0.2) is 0 Å². The predicted molar refractivity (Wildman–Crippen MR) is 91.3 cm³/mol. The SMILES string of the molecule is CCOC(=O)N1CCC(NC(=O)c2cc(C)n(C3CC3)c2C)CC1. The largest absolute Gasteiger partial charge is 0.450 e. The van der Waals surface area contributed by atoms with Gasteiger partial charge in [0.2, 0.25) is 0 Å². The van der Waals surface area contributed by atoms with E-state index >= 15 is 0 Å². The summed E-state index contributed by atoms with van der Waals surface area (Å²) >= 11 is 0. The van der Waals surface area contributed by atoms with Gasteiger partial charge in [-0.1, -0.05) is 0 Å². The number of aryl methyl sites for hydroxylation is 1. The lowest BCUT2D eigenvalue weighted by Gasteiger charge is -2.31. The molecular formula is C18H27N3O3. The third kappa shape index (κ3) is 3.42. The maximum absolute atomic E-state index is 12.6. The maximum Gasteiger partial charge on any atom is 0.409 e. The molecule has 2 amide bonds. The highest BCUT2D eigenvalue weighted by Crippen LogP contribution is 2.38. The molecule has 6 nitrogen and oxygen atoms in total. The molecule has 1 aromatic rings. The monoisotopic (exact) mass is 333 g/mol. The molecule has 0 atom stereocenters. The van der Waals surface area contributed by atoms with Crippen molar-refractivity contribution in [3.05, 3.63) is 23.0 Å². The number of piperidine rings is 1. The normalized spacial score (nSPS) is 18.5. The van der Waals surface area contributed by atoms with Crippen LogP contribution in [0.3, 0.4) is 0 Å². The predicted octanol–water partition coefficient (Wildman–Crippen LogP) is 2.79. The number of nitrogens with zero attached hydrogens (tertiary/aromatic N) is 2. The van der Waals surface area contributed by atoms with Gasteiger partial charge in [0.25, 0.3) is 5.91 Å². The zero-order valence-corrected chi connectivity index (χ0v) is 14.8. The molecule has 3 rings (SSSR count). The third-order valence-electron chi connectivity index (χ3n) is 5.00. The Hall–Kier alpha value is -1.98. The molecule has 1 N–H and O–H groups in total. The molecule has 1 aliphatic carbocycles. The summed E-state index contributed by atoms with van der Waals surface area (Å²) in [5.41, 5.74) is 3.01. The molecule has 1 aliphatic heterocycles. The van der Waals surface area contributed by atoms with Crippen LogP contribution in [0.4, 0.5) is 4.79 Å². The average Bonchev–Trinajstić information content (AvgIpc) is 3.33. The minimum atomic E-state index is -0.254. The van der Waals surface area contributed by atoms with E-state index in [1.807, 2.05) is 19.9 Å².